The zero-order chi connectivity index (χ0) is 9.19. The summed E-state index contributed by atoms with van der Waals surface area (Å²) in [5, 5.41) is 8.83. The maximum absolute atomic E-state index is 8.83. The molecule has 1 fully saturated rings. The largest absolute Gasteiger partial charge is 0.395 e. The van der Waals surface area contributed by atoms with Crippen LogP contribution in [-0.2, 0) is 0 Å². The Morgan fingerprint density at radius 3 is 2.58 bits per heavy atom. The Balaban J connectivity index is 2.50. The minimum Gasteiger partial charge on any atom is -0.395 e. The smallest absolute Gasteiger partial charge is 0.0558 e. The number of rotatable bonds is 3. The lowest BCUT2D eigenvalue weighted by atomic mass is 9.86. The van der Waals surface area contributed by atoms with Crippen LogP contribution in [-0.4, -0.2) is 36.2 Å². The van der Waals surface area contributed by atoms with E-state index in [-0.39, 0.29) is 6.61 Å². The van der Waals surface area contributed by atoms with Crippen molar-refractivity contribution in [1.29, 1.82) is 0 Å². The van der Waals surface area contributed by atoms with Crippen molar-refractivity contribution < 1.29 is 5.11 Å². The third-order valence-corrected chi connectivity index (χ3v) is 3.19. The van der Waals surface area contributed by atoms with Gasteiger partial charge in [-0.25, -0.2) is 0 Å². The summed E-state index contributed by atoms with van der Waals surface area (Å²) >= 11 is 0. The molecule has 1 unspecified atom stereocenters. The second-order valence-electron chi connectivity index (χ2n) is 4.60. The SMILES string of the molecule is CN(CCO)C1CCCC1(C)C. The molecule has 1 aliphatic rings. The Bertz CT molecular complexity index is 145. The quantitative estimate of drug-likeness (QED) is 0.695. The van der Waals surface area contributed by atoms with Gasteiger partial charge in [0.15, 0.2) is 0 Å². The van der Waals surface area contributed by atoms with Gasteiger partial charge in [-0.2, -0.15) is 0 Å². The Labute approximate surface area is 75.6 Å². The van der Waals surface area contributed by atoms with Gasteiger partial charge < -0.3 is 10.0 Å². The lowest BCUT2D eigenvalue weighted by Crippen LogP contribution is -2.40. The second kappa shape index (κ2) is 3.75. The summed E-state index contributed by atoms with van der Waals surface area (Å²) in [6, 6.07) is 0.671. The van der Waals surface area contributed by atoms with Gasteiger partial charge in [-0.15, -0.1) is 0 Å². The fraction of sp³-hybridized carbons (Fsp3) is 1.00. The van der Waals surface area contributed by atoms with E-state index >= 15 is 0 Å². The molecular weight excluding hydrogens is 150 g/mol. The number of aliphatic hydroxyl groups excluding tert-OH is 1. The van der Waals surface area contributed by atoms with Crippen LogP contribution < -0.4 is 0 Å². The van der Waals surface area contributed by atoms with E-state index < -0.39 is 0 Å². The van der Waals surface area contributed by atoms with Gasteiger partial charge in [0, 0.05) is 12.6 Å². The highest BCUT2D eigenvalue weighted by molar-refractivity contribution is 4.90. The van der Waals surface area contributed by atoms with Gasteiger partial charge in [-0.05, 0) is 25.3 Å². The molecule has 1 N–H and O–H groups in total. The molecule has 12 heavy (non-hydrogen) atoms. The number of hydrogen-bond donors (Lipinski definition) is 1. The Morgan fingerprint density at radius 2 is 2.17 bits per heavy atom. The highest BCUT2D eigenvalue weighted by Crippen LogP contribution is 2.39. The zero-order valence-corrected chi connectivity index (χ0v) is 8.51. The van der Waals surface area contributed by atoms with Crippen LogP contribution in [0.3, 0.4) is 0 Å². The Morgan fingerprint density at radius 1 is 1.50 bits per heavy atom. The lowest BCUT2D eigenvalue weighted by molar-refractivity contribution is 0.116. The van der Waals surface area contributed by atoms with Crippen molar-refractivity contribution in [1.82, 2.24) is 4.90 Å². The minimum atomic E-state index is 0.281. The zero-order valence-electron chi connectivity index (χ0n) is 8.51. The van der Waals surface area contributed by atoms with Crippen LogP contribution >= 0.6 is 0 Å². The summed E-state index contributed by atoms with van der Waals surface area (Å²) < 4.78 is 0. The van der Waals surface area contributed by atoms with Gasteiger partial charge in [0.1, 0.15) is 0 Å². The Kier molecular flexibility index (Phi) is 3.13. The molecule has 2 nitrogen and oxygen atoms in total. The summed E-state index contributed by atoms with van der Waals surface area (Å²) in [7, 11) is 2.12. The molecule has 2 heteroatoms. The molecule has 1 rings (SSSR count). The summed E-state index contributed by atoms with van der Waals surface area (Å²) in [6.07, 6.45) is 3.96. The van der Waals surface area contributed by atoms with Gasteiger partial charge in [0.25, 0.3) is 0 Å². The molecule has 0 aliphatic heterocycles. The van der Waals surface area contributed by atoms with Crippen LogP contribution in [0.4, 0.5) is 0 Å². The molecule has 0 spiro atoms. The number of hydrogen-bond acceptors (Lipinski definition) is 2. The van der Waals surface area contributed by atoms with Gasteiger partial charge >= 0.3 is 0 Å². The summed E-state index contributed by atoms with van der Waals surface area (Å²) in [4.78, 5) is 2.30. The predicted molar refractivity (Wildman–Crippen MR) is 51.1 cm³/mol. The van der Waals surface area contributed by atoms with Gasteiger partial charge in [-0.3, -0.25) is 0 Å². The maximum atomic E-state index is 8.83. The fourth-order valence-corrected chi connectivity index (χ4v) is 2.44. The molecule has 0 aromatic heterocycles. The summed E-state index contributed by atoms with van der Waals surface area (Å²) in [6.45, 7) is 5.76. The van der Waals surface area contributed by atoms with Gasteiger partial charge in [-0.1, -0.05) is 20.3 Å². The lowest BCUT2D eigenvalue weighted by Gasteiger charge is -2.34. The highest BCUT2D eigenvalue weighted by Gasteiger charge is 2.36. The monoisotopic (exact) mass is 171 g/mol. The average Bonchev–Trinajstić information content (AvgIpc) is 2.30. The van der Waals surface area contributed by atoms with Gasteiger partial charge in [0.05, 0.1) is 6.61 Å². The normalized spacial score (nSPS) is 28.2. The first-order valence-corrected chi connectivity index (χ1v) is 4.89. The van der Waals surface area contributed by atoms with Crippen molar-refractivity contribution >= 4 is 0 Å². The van der Waals surface area contributed by atoms with E-state index in [4.69, 9.17) is 5.11 Å². The van der Waals surface area contributed by atoms with E-state index in [1.54, 1.807) is 0 Å². The molecule has 1 aliphatic carbocycles. The van der Waals surface area contributed by atoms with Crippen molar-refractivity contribution in [3.63, 3.8) is 0 Å². The first-order valence-electron chi connectivity index (χ1n) is 4.89. The molecule has 72 valence electrons. The highest BCUT2D eigenvalue weighted by atomic mass is 16.3. The van der Waals surface area contributed by atoms with Crippen LogP contribution in [0.5, 0.6) is 0 Å². The average molecular weight is 171 g/mol. The predicted octanol–water partition coefficient (Wildman–Crippen LogP) is 1.49. The molecule has 0 aromatic rings. The van der Waals surface area contributed by atoms with E-state index in [1.165, 1.54) is 19.3 Å². The molecule has 1 atom stereocenters. The van der Waals surface area contributed by atoms with Crippen LogP contribution in [0, 0.1) is 5.41 Å². The van der Waals surface area contributed by atoms with Crippen molar-refractivity contribution in [2.24, 2.45) is 5.41 Å². The maximum Gasteiger partial charge on any atom is 0.0558 e. The van der Waals surface area contributed by atoms with Crippen LogP contribution in [0.1, 0.15) is 33.1 Å². The molecule has 0 bridgehead atoms. The second-order valence-corrected chi connectivity index (χ2v) is 4.60. The number of nitrogens with zero attached hydrogens (tertiary/aromatic N) is 1. The van der Waals surface area contributed by atoms with Crippen molar-refractivity contribution in [3.8, 4) is 0 Å². The van der Waals surface area contributed by atoms with Crippen molar-refractivity contribution in [2.45, 2.75) is 39.2 Å². The van der Waals surface area contributed by atoms with Crippen LogP contribution in [0.2, 0.25) is 0 Å². The van der Waals surface area contributed by atoms with Crippen LogP contribution in [0.25, 0.3) is 0 Å². The molecular formula is C10H21NO. The first kappa shape index (κ1) is 10.0. The summed E-state index contributed by atoms with van der Waals surface area (Å²) in [5.74, 6) is 0. The van der Waals surface area contributed by atoms with E-state index in [1.807, 2.05) is 0 Å². The molecule has 1 saturated carbocycles. The van der Waals surface area contributed by atoms with Crippen LogP contribution in [0.15, 0.2) is 0 Å². The third-order valence-electron chi connectivity index (χ3n) is 3.19. The summed E-state index contributed by atoms with van der Waals surface area (Å²) in [5.41, 5.74) is 0.448. The fourth-order valence-electron chi connectivity index (χ4n) is 2.44. The van der Waals surface area contributed by atoms with E-state index in [2.05, 4.69) is 25.8 Å². The molecule has 0 saturated heterocycles. The number of aliphatic hydroxyl groups is 1. The minimum absolute atomic E-state index is 0.281. The molecule has 0 radical (unpaired) electrons. The topological polar surface area (TPSA) is 23.5 Å². The molecule has 0 heterocycles. The van der Waals surface area contributed by atoms with E-state index in [0.29, 0.717) is 11.5 Å². The molecule has 0 amide bonds. The first-order chi connectivity index (χ1) is 5.58. The van der Waals surface area contributed by atoms with Gasteiger partial charge in [0.2, 0.25) is 0 Å². The molecule has 0 aromatic carbocycles. The van der Waals surface area contributed by atoms with Crippen molar-refractivity contribution in [3.05, 3.63) is 0 Å². The Hall–Kier alpha value is -0.0800. The number of likely N-dealkylation sites (N-methyl/N-ethyl adjacent to an activating group) is 1. The standard InChI is InChI=1S/C10H21NO/c1-10(2)6-4-5-9(10)11(3)7-8-12/h9,12H,4-8H2,1-3H3. The van der Waals surface area contributed by atoms with E-state index in [9.17, 15) is 0 Å². The van der Waals surface area contributed by atoms with Crippen molar-refractivity contribution in [2.75, 3.05) is 20.2 Å². The third kappa shape index (κ3) is 1.99. The van der Waals surface area contributed by atoms with E-state index in [0.717, 1.165) is 6.54 Å².